The highest BCUT2D eigenvalue weighted by molar-refractivity contribution is 7.86. The highest BCUT2D eigenvalue weighted by Gasteiger charge is 2.34. The minimum absolute atomic E-state index is 0.0696. The summed E-state index contributed by atoms with van der Waals surface area (Å²) in [6.45, 7) is 4.73. The molecule has 0 aliphatic carbocycles. The van der Waals surface area contributed by atoms with Crippen molar-refractivity contribution in [1.82, 2.24) is 28.8 Å². The van der Waals surface area contributed by atoms with Crippen LogP contribution in [-0.2, 0) is 10.2 Å². The number of nitrogens with zero attached hydrogens (tertiary/aromatic N) is 5. The van der Waals surface area contributed by atoms with Crippen LogP contribution in [0.25, 0.3) is 11.4 Å². The molecule has 2 aromatic heterocycles. The SMILES string of the molecule is Cc1nc(-c2cc(C)[nH]n2)cc([C@@H]2CCN(S(=O)(=O)N(C)C)C2)n1. The lowest BCUT2D eigenvalue weighted by molar-refractivity contribution is 0.418. The Labute approximate surface area is 142 Å². The second kappa shape index (κ2) is 6.23. The summed E-state index contributed by atoms with van der Waals surface area (Å²) in [7, 11) is -0.278. The highest BCUT2D eigenvalue weighted by atomic mass is 32.2. The minimum atomic E-state index is -3.38. The molecule has 0 spiro atoms. The van der Waals surface area contributed by atoms with E-state index in [-0.39, 0.29) is 5.92 Å². The zero-order valence-corrected chi connectivity index (χ0v) is 15.1. The van der Waals surface area contributed by atoms with E-state index in [0.29, 0.717) is 18.9 Å². The number of aromatic amines is 1. The third-order valence-electron chi connectivity index (χ3n) is 4.18. The molecule has 1 saturated heterocycles. The maximum Gasteiger partial charge on any atom is 0.281 e. The van der Waals surface area contributed by atoms with Gasteiger partial charge >= 0.3 is 0 Å². The molecule has 0 aromatic carbocycles. The first kappa shape index (κ1) is 17.0. The fourth-order valence-electron chi connectivity index (χ4n) is 2.89. The molecule has 9 heteroatoms. The van der Waals surface area contributed by atoms with Crippen LogP contribution in [0.3, 0.4) is 0 Å². The fourth-order valence-corrected chi connectivity index (χ4v) is 4.06. The van der Waals surface area contributed by atoms with Crippen LogP contribution < -0.4 is 0 Å². The molecule has 1 fully saturated rings. The summed E-state index contributed by atoms with van der Waals surface area (Å²) in [5.41, 5.74) is 3.37. The van der Waals surface area contributed by atoms with Crippen LogP contribution >= 0.6 is 0 Å². The Morgan fingerprint density at radius 1 is 1.21 bits per heavy atom. The maximum absolute atomic E-state index is 12.3. The summed E-state index contributed by atoms with van der Waals surface area (Å²) in [5, 5.41) is 7.16. The van der Waals surface area contributed by atoms with Gasteiger partial charge in [0.2, 0.25) is 0 Å². The van der Waals surface area contributed by atoms with E-state index >= 15 is 0 Å². The second-order valence-corrected chi connectivity index (χ2v) is 8.44. The van der Waals surface area contributed by atoms with Crippen LogP contribution in [0.2, 0.25) is 0 Å². The van der Waals surface area contributed by atoms with E-state index in [2.05, 4.69) is 20.2 Å². The third-order valence-corrected chi connectivity index (χ3v) is 6.09. The van der Waals surface area contributed by atoms with Gasteiger partial charge in [-0.1, -0.05) is 0 Å². The maximum atomic E-state index is 12.3. The number of aromatic nitrogens is 4. The molecular formula is C15H22N6O2S. The molecule has 8 nitrogen and oxygen atoms in total. The van der Waals surface area contributed by atoms with Crippen molar-refractivity contribution in [3.8, 4) is 11.4 Å². The normalized spacial score (nSPS) is 19.3. The number of H-pyrrole nitrogens is 1. The lowest BCUT2D eigenvalue weighted by atomic mass is 10.0. The van der Waals surface area contributed by atoms with E-state index < -0.39 is 10.2 Å². The van der Waals surface area contributed by atoms with E-state index in [4.69, 9.17) is 0 Å². The minimum Gasteiger partial charge on any atom is -0.282 e. The fraction of sp³-hybridized carbons (Fsp3) is 0.533. The summed E-state index contributed by atoms with van der Waals surface area (Å²) in [6.07, 6.45) is 0.753. The van der Waals surface area contributed by atoms with Crippen LogP contribution in [0.5, 0.6) is 0 Å². The molecule has 1 N–H and O–H groups in total. The molecule has 1 aliphatic heterocycles. The van der Waals surface area contributed by atoms with Crippen molar-refractivity contribution in [3.63, 3.8) is 0 Å². The van der Waals surface area contributed by atoms with Crippen LogP contribution in [0, 0.1) is 13.8 Å². The predicted molar refractivity (Wildman–Crippen MR) is 90.6 cm³/mol. The zero-order chi connectivity index (χ0) is 17.5. The van der Waals surface area contributed by atoms with Gasteiger partial charge in [0.15, 0.2) is 0 Å². The molecule has 1 atom stereocenters. The first-order valence-electron chi connectivity index (χ1n) is 7.83. The first-order chi connectivity index (χ1) is 11.3. The average Bonchev–Trinajstić information content (AvgIpc) is 3.15. The van der Waals surface area contributed by atoms with Gasteiger partial charge in [-0.15, -0.1) is 0 Å². The number of hydrogen-bond donors (Lipinski definition) is 1. The number of hydrogen-bond acceptors (Lipinski definition) is 5. The van der Waals surface area contributed by atoms with Gasteiger partial charge in [0.05, 0.1) is 5.69 Å². The van der Waals surface area contributed by atoms with E-state index in [0.717, 1.165) is 29.2 Å². The summed E-state index contributed by atoms with van der Waals surface area (Å²) in [6, 6.07) is 3.85. The Morgan fingerprint density at radius 2 is 1.96 bits per heavy atom. The van der Waals surface area contributed by atoms with Crippen molar-refractivity contribution in [2.24, 2.45) is 0 Å². The smallest absolute Gasteiger partial charge is 0.281 e. The van der Waals surface area contributed by atoms with Crippen LogP contribution in [0.15, 0.2) is 12.1 Å². The van der Waals surface area contributed by atoms with Crippen molar-refractivity contribution < 1.29 is 8.42 Å². The Hall–Kier alpha value is -1.84. The monoisotopic (exact) mass is 350 g/mol. The van der Waals surface area contributed by atoms with Crippen molar-refractivity contribution in [3.05, 3.63) is 29.3 Å². The molecule has 0 bridgehead atoms. The number of rotatable bonds is 4. The summed E-state index contributed by atoms with van der Waals surface area (Å²) >= 11 is 0. The molecule has 130 valence electrons. The lowest BCUT2D eigenvalue weighted by Crippen LogP contribution is -2.38. The van der Waals surface area contributed by atoms with E-state index in [1.54, 1.807) is 14.1 Å². The molecule has 3 heterocycles. The predicted octanol–water partition coefficient (Wildman–Crippen LogP) is 1.08. The molecule has 0 amide bonds. The van der Waals surface area contributed by atoms with Crippen molar-refractivity contribution in [2.45, 2.75) is 26.2 Å². The van der Waals surface area contributed by atoms with Crippen LogP contribution in [-0.4, -0.2) is 64.4 Å². The van der Waals surface area contributed by atoms with Gasteiger partial charge in [0.1, 0.15) is 11.5 Å². The Balaban J connectivity index is 1.87. The largest absolute Gasteiger partial charge is 0.282 e. The Bertz CT molecular complexity index is 845. The molecular weight excluding hydrogens is 328 g/mol. The Kier molecular flexibility index (Phi) is 4.41. The molecule has 0 saturated carbocycles. The van der Waals surface area contributed by atoms with Gasteiger partial charge in [-0.25, -0.2) is 9.97 Å². The van der Waals surface area contributed by atoms with Gasteiger partial charge in [0.25, 0.3) is 10.2 Å². The molecule has 3 rings (SSSR count). The van der Waals surface area contributed by atoms with Gasteiger partial charge in [-0.2, -0.15) is 22.1 Å². The molecule has 0 unspecified atom stereocenters. The summed E-state index contributed by atoms with van der Waals surface area (Å²) < 4.78 is 27.3. The van der Waals surface area contributed by atoms with E-state index in [9.17, 15) is 8.42 Å². The first-order valence-corrected chi connectivity index (χ1v) is 9.22. The number of aryl methyl sites for hydroxylation is 2. The number of nitrogens with one attached hydrogen (secondary N) is 1. The van der Waals surface area contributed by atoms with Gasteiger partial charge in [0, 0.05) is 44.5 Å². The third kappa shape index (κ3) is 3.19. The summed E-state index contributed by atoms with van der Waals surface area (Å²) in [5.74, 6) is 0.734. The van der Waals surface area contributed by atoms with Gasteiger partial charge in [-0.3, -0.25) is 5.10 Å². The quantitative estimate of drug-likeness (QED) is 0.890. The second-order valence-electron chi connectivity index (χ2n) is 6.30. The van der Waals surface area contributed by atoms with Crippen molar-refractivity contribution in [1.29, 1.82) is 0 Å². The van der Waals surface area contributed by atoms with Crippen LogP contribution in [0.4, 0.5) is 0 Å². The average molecular weight is 350 g/mol. The molecule has 2 aromatic rings. The highest BCUT2D eigenvalue weighted by Crippen LogP contribution is 2.30. The van der Waals surface area contributed by atoms with Gasteiger partial charge < -0.3 is 0 Å². The van der Waals surface area contributed by atoms with Crippen molar-refractivity contribution >= 4 is 10.2 Å². The standard InChI is InChI=1S/C15H22N6O2S/c1-10-7-15(19-18-10)14-8-13(16-11(2)17-14)12-5-6-21(9-12)24(22,23)20(3)4/h7-8,12H,5-6,9H2,1-4H3,(H,18,19)/t12-/m1/s1. The topological polar surface area (TPSA) is 95.1 Å². The van der Waals surface area contributed by atoms with E-state index in [1.807, 2.05) is 26.0 Å². The van der Waals surface area contributed by atoms with Crippen molar-refractivity contribution in [2.75, 3.05) is 27.2 Å². The molecule has 24 heavy (non-hydrogen) atoms. The molecule has 0 radical (unpaired) electrons. The van der Waals surface area contributed by atoms with Gasteiger partial charge in [-0.05, 0) is 32.4 Å². The summed E-state index contributed by atoms with van der Waals surface area (Å²) in [4.78, 5) is 8.98. The Morgan fingerprint density at radius 3 is 2.58 bits per heavy atom. The lowest BCUT2D eigenvalue weighted by Gasteiger charge is -2.20. The molecule has 1 aliphatic rings. The van der Waals surface area contributed by atoms with E-state index in [1.165, 1.54) is 8.61 Å². The zero-order valence-electron chi connectivity index (χ0n) is 14.3. The van der Waals surface area contributed by atoms with Crippen LogP contribution in [0.1, 0.15) is 29.6 Å².